The predicted octanol–water partition coefficient (Wildman–Crippen LogP) is 2.33. The highest BCUT2D eigenvalue weighted by molar-refractivity contribution is 6.29. The Bertz CT molecular complexity index is 376. The van der Waals surface area contributed by atoms with Crippen LogP contribution in [0.3, 0.4) is 0 Å². The van der Waals surface area contributed by atoms with E-state index in [2.05, 4.69) is 16.8 Å². The fourth-order valence-electron chi connectivity index (χ4n) is 0.847. The molecule has 66 valence electrons. The molecule has 1 aromatic rings. The van der Waals surface area contributed by atoms with Gasteiger partial charge in [-0.05, 0) is 19.1 Å². The summed E-state index contributed by atoms with van der Waals surface area (Å²) in [5.74, 6) is 5.34. The lowest BCUT2D eigenvalue weighted by atomic mass is 10.1. The molecule has 0 saturated heterocycles. The molecular formula is C10H8ClNO. The number of rotatable bonds is 2. The Balaban J connectivity index is 2.81. The Morgan fingerprint density at radius 2 is 2.46 bits per heavy atom. The van der Waals surface area contributed by atoms with Crippen molar-refractivity contribution in [1.82, 2.24) is 4.98 Å². The van der Waals surface area contributed by atoms with Crippen LogP contribution in [0.25, 0.3) is 0 Å². The molecule has 1 aromatic heterocycles. The molecule has 0 aliphatic carbocycles. The van der Waals surface area contributed by atoms with Gasteiger partial charge >= 0.3 is 0 Å². The summed E-state index contributed by atoms with van der Waals surface area (Å²) in [4.78, 5) is 15.1. The molecule has 0 fully saturated rings. The summed E-state index contributed by atoms with van der Waals surface area (Å²) in [6.45, 7) is 1.70. The van der Waals surface area contributed by atoms with E-state index in [9.17, 15) is 4.79 Å². The Hall–Kier alpha value is -1.33. The lowest BCUT2D eigenvalue weighted by Crippen LogP contribution is -1.97. The van der Waals surface area contributed by atoms with Crippen molar-refractivity contribution in [2.45, 2.75) is 13.3 Å². The maximum Gasteiger partial charge on any atom is 0.174 e. The normalized spacial score (nSPS) is 8.77. The van der Waals surface area contributed by atoms with Gasteiger partial charge in [-0.1, -0.05) is 17.5 Å². The van der Waals surface area contributed by atoms with Gasteiger partial charge in [-0.3, -0.25) is 4.79 Å². The molecule has 0 aromatic carbocycles. The van der Waals surface area contributed by atoms with Crippen LogP contribution in [0.5, 0.6) is 0 Å². The second-order valence-corrected chi connectivity index (χ2v) is 2.78. The molecule has 0 amide bonds. The van der Waals surface area contributed by atoms with Gasteiger partial charge < -0.3 is 0 Å². The summed E-state index contributed by atoms with van der Waals surface area (Å²) in [5, 5.41) is 0.329. The maximum absolute atomic E-state index is 11.4. The zero-order valence-corrected chi connectivity index (χ0v) is 7.93. The molecule has 0 saturated carbocycles. The number of Topliss-reactive ketones (excluding diaryl/α,β-unsaturated/α-hetero) is 1. The summed E-state index contributed by atoms with van der Waals surface area (Å²) < 4.78 is 0. The Labute approximate surface area is 81.9 Å². The van der Waals surface area contributed by atoms with E-state index in [4.69, 9.17) is 11.6 Å². The molecule has 3 heteroatoms. The van der Waals surface area contributed by atoms with E-state index in [1.807, 2.05) is 0 Å². The van der Waals surface area contributed by atoms with Crippen LogP contribution in [0.15, 0.2) is 18.3 Å². The highest BCUT2D eigenvalue weighted by Gasteiger charge is 2.03. The molecule has 1 heterocycles. The van der Waals surface area contributed by atoms with Crippen molar-refractivity contribution in [2.24, 2.45) is 0 Å². The van der Waals surface area contributed by atoms with Crippen LogP contribution in [0, 0.1) is 11.8 Å². The van der Waals surface area contributed by atoms with Gasteiger partial charge in [0, 0.05) is 11.8 Å². The summed E-state index contributed by atoms with van der Waals surface area (Å²) in [6.07, 6.45) is 1.74. The Morgan fingerprint density at radius 3 is 3.08 bits per heavy atom. The average molecular weight is 194 g/mol. The van der Waals surface area contributed by atoms with E-state index >= 15 is 0 Å². The number of carbonyl (C=O) groups is 1. The first kappa shape index (κ1) is 9.76. The lowest BCUT2D eigenvalue weighted by Gasteiger charge is -1.95. The fraction of sp³-hybridized carbons (Fsp3) is 0.200. The van der Waals surface area contributed by atoms with Crippen LogP contribution in [-0.4, -0.2) is 10.8 Å². The van der Waals surface area contributed by atoms with Gasteiger partial charge in [-0.25, -0.2) is 4.98 Å². The van der Waals surface area contributed by atoms with Crippen LogP contribution >= 0.6 is 11.6 Å². The van der Waals surface area contributed by atoms with Crippen molar-refractivity contribution in [3.63, 3.8) is 0 Å². The number of hydrogen-bond donors (Lipinski definition) is 0. The number of carbonyl (C=O) groups excluding carboxylic acids is 1. The number of halogens is 1. The first-order valence-corrected chi connectivity index (χ1v) is 4.16. The number of aromatic nitrogens is 1. The lowest BCUT2D eigenvalue weighted by molar-refractivity contribution is 0.0998. The van der Waals surface area contributed by atoms with Gasteiger partial charge in [0.1, 0.15) is 5.15 Å². The SMILES string of the molecule is CC#CCC(=O)c1ccnc(Cl)c1. The monoisotopic (exact) mass is 193 g/mol. The van der Waals surface area contributed by atoms with E-state index in [1.54, 1.807) is 19.1 Å². The number of pyridine rings is 1. The van der Waals surface area contributed by atoms with Crippen molar-refractivity contribution < 1.29 is 4.79 Å². The number of hydrogen-bond acceptors (Lipinski definition) is 2. The second-order valence-electron chi connectivity index (χ2n) is 2.39. The minimum atomic E-state index is -0.0290. The minimum absolute atomic E-state index is 0.0290. The van der Waals surface area contributed by atoms with Gasteiger partial charge in [0.15, 0.2) is 5.78 Å². The average Bonchev–Trinajstić information content (AvgIpc) is 2.14. The van der Waals surface area contributed by atoms with Gasteiger partial charge in [-0.2, -0.15) is 0 Å². The summed E-state index contributed by atoms with van der Waals surface area (Å²) in [6, 6.07) is 3.17. The smallest absolute Gasteiger partial charge is 0.174 e. The zero-order chi connectivity index (χ0) is 9.68. The summed E-state index contributed by atoms with van der Waals surface area (Å²) in [5.41, 5.74) is 0.558. The van der Waals surface area contributed by atoms with Crippen molar-refractivity contribution in [1.29, 1.82) is 0 Å². The van der Waals surface area contributed by atoms with E-state index in [-0.39, 0.29) is 12.2 Å². The molecule has 0 aliphatic rings. The van der Waals surface area contributed by atoms with Crippen LogP contribution in [-0.2, 0) is 0 Å². The van der Waals surface area contributed by atoms with E-state index < -0.39 is 0 Å². The van der Waals surface area contributed by atoms with Crippen molar-refractivity contribution in [2.75, 3.05) is 0 Å². The predicted molar refractivity (Wildman–Crippen MR) is 51.6 cm³/mol. The van der Waals surface area contributed by atoms with Gasteiger partial charge in [0.25, 0.3) is 0 Å². The molecule has 0 aliphatic heterocycles. The third-order valence-electron chi connectivity index (χ3n) is 1.47. The second kappa shape index (κ2) is 4.64. The molecule has 0 N–H and O–H groups in total. The van der Waals surface area contributed by atoms with E-state index in [0.717, 1.165) is 0 Å². The van der Waals surface area contributed by atoms with Crippen molar-refractivity contribution in [3.05, 3.63) is 29.0 Å². The largest absolute Gasteiger partial charge is 0.293 e. The quantitative estimate of drug-likeness (QED) is 0.410. The Kier molecular flexibility index (Phi) is 3.48. The molecule has 0 spiro atoms. The molecule has 0 unspecified atom stereocenters. The highest BCUT2D eigenvalue weighted by Crippen LogP contribution is 2.08. The molecule has 0 atom stereocenters. The van der Waals surface area contributed by atoms with Crippen LogP contribution < -0.4 is 0 Å². The van der Waals surface area contributed by atoms with Gasteiger partial charge in [0.2, 0.25) is 0 Å². The molecular weight excluding hydrogens is 186 g/mol. The van der Waals surface area contributed by atoms with E-state index in [0.29, 0.717) is 10.7 Å². The molecule has 0 bridgehead atoms. The van der Waals surface area contributed by atoms with Crippen molar-refractivity contribution in [3.8, 4) is 11.8 Å². The first-order valence-electron chi connectivity index (χ1n) is 3.78. The maximum atomic E-state index is 11.4. The summed E-state index contributed by atoms with van der Waals surface area (Å²) in [7, 11) is 0. The van der Waals surface area contributed by atoms with Crippen LogP contribution in [0.2, 0.25) is 5.15 Å². The first-order chi connectivity index (χ1) is 6.24. The molecule has 13 heavy (non-hydrogen) atoms. The van der Waals surface area contributed by atoms with Gasteiger partial charge in [-0.15, -0.1) is 5.92 Å². The topological polar surface area (TPSA) is 30.0 Å². The molecule has 1 rings (SSSR count). The Morgan fingerprint density at radius 1 is 1.69 bits per heavy atom. The van der Waals surface area contributed by atoms with Crippen LogP contribution in [0.1, 0.15) is 23.7 Å². The van der Waals surface area contributed by atoms with Gasteiger partial charge in [0.05, 0.1) is 6.42 Å². The molecule has 2 nitrogen and oxygen atoms in total. The highest BCUT2D eigenvalue weighted by atomic mass is 35.5. The third kappa shape index (κ3) is 2.89. The van der Waals surface area contributed by atoms with Crippen LogP contribution in [0.4, 0.5) is 0 Å². The summed E-state index contributed by atoms with van der Waals surface area (Å²) >= 11 is 5.62. The number of nitrogens with zero attached hydrogens (tertiary/aromatic N) is 1. The molecule has 0 radical (unpaired) electrons. The third-order valence-corrected chi connectivity index (χ3v) is 1.68. The van der Waals surface area contributed by atoms with E-state index in [1.165, 1.54) is 6.20 Å². The zero-order valence-electron chi connectivity index (χ0n) is 7.17. The minimum Gasteiger partial charge on any atom is -0.293 e. The standard InChI is InChI=1S/C10H8ClNO/c1-2-3-4-9(13)8-5-6-12-10(11)7-8/h5-7H,4H2,1H3. The number of ketones is 1. The van der Waals surface area contributed by atoms with Crippen molar-refractivity contribution >= 4 is 17.4 Å². The fourth-order valence-corrected chi connectivity index (χ4v) is 1.02.